The minimum absolute atomic E-state index is 0.145. The Balaban J connectivity index is 1.85. The number of aliphatic hydroxyl groups is 1. The summed E-state index contributed by atoms with van der Waals surface area (Å²) in [7, 11) is 0. The van der Waals surface area contributed by atoms with Crippen LogP contribution in [0.15, 0.2) is 12.4 Å². The maximum absolute atomic E-state index is 8.88. The third kappa shape index (κ3) is 4.05. The zero-order valence-corrected chi connectivity index (χ0v) is 12.2. The van der Waals surface area contributed by atoms with Crippen LogP contribution in [0.5, 0.6) is 0 Å². The van der Waals surface area contributed by atoms with Crippen LogP contribution in [-0.2, 0) is 13.1 Å². The summed E-state index contributed by atoms with van der Waals surface area (Å²) in [4.78, 5) is 0. The summed E-state index contributed by atoms with van der Waals surface area (Å²) in [5.74, 6) is 1.57. The van der Waals surface area contributed by atoms with Crippen LogP contribution in [0.25, 0.3) is 0 Å². The van der Waals surface area contributed by atoms with Crippen molar-refractivity contribution < 1.29 is 5.11 Å². The van der Waals surface area contributed by atoms with Gasteiger partial charge in [0.05, 0.1) is 19.3 Å². The molecule has 2 unspecified atom stereocenters. The molecule has 1 aromatic heterocycles. The van der Waals surface area contributed by atoms with Gasteiger partial charge in [0.25, 0.3) is 0 Å². The first-order valence-corrected chi connectivity index (χ1v) is 7.56. The van der Waals surface area contributed by atoms with E-state index in [1.807, 2.05) is 12.4 Å². The van der Waals surface area contributed by atoms with E-state index in [-0.39, 0.29) is 6.61 Å². The molecule has 0 radical (unpaired) electrons. The minimum Gasteiger partial charge on any atom is -0.394 e. The fourth-order valence-corrected chi connectivity index (χ4v) is 3.18. The van der Waals surface area contributed by atoms with E-state index in [1.165, 1.54) is 31.2 Å². The van der Waals surface area contributed by atoms with Crippen molar-refractivity contribution >= 4 is 0 Å². The first-order valence-electron chi connectivity index (χ1n) is 7.56. The molecule has 1 aliphatic rings. The molecule has 1 saturated carbocycles. The van der Waals surface area contributed by atoms with E-state index in [0.29, 0.717) is 12.6 Å². The molecule has 19 heavy (non-hydrogen) atoms. The number of aliphatic hydroxyl groups excluding tert-OH is 1. The Morgan fingerprint density at radius 1 is 1.42 bits per heavy atom. The lowest BCUT2D eigenvalue weighted by Crippen LogP contribution is -2.40. The van der Waals surface area contributed by atoms with Gasteiger partial charge in [-0.3, -0.25) is 4.68 Å². The van der Waals surface area contributed by atoms with Crippen molar-refractivity contribution in [1.29, 1.82) is 0 Å². The second-order valence-electron chi connectivity index (χ2n) is 6.01. The third-order valence-corrected chi connectivity index (χ3v) is 4.26. The number of hydrogen-bond donors (Lipinski definition) is 2. The third-order valence-electron chi connectivity index (χ3n) is 4.26. The number of rotatable bonds is 6. The van der Waals surface area contributed by atoms with E-state index in [9.17, 15) is 0 Å². The van der Waals surface area contributed by atoms with Crippen LogP contribution >= 0.6 is 0 Å². The van der Waals surface area contributed by atoms with Gasteiger partial charge >= 0.3 is 0 Å². The van der Waals surface area contributed by atoms with Gasteiger partial charge in [-0.15, -0.1) is 0 Å². The number of hydrogen-bond acceptors (Lipinski definition) is 3. The van der Waals surface area contributed by atoms with E-state index in [1.54, 1.807) is 4.68 Å². The molecule has 0 bridgehead atoms. The average Bonchev–Trinajstić information content (AvgIpc) is 2.85. The van der Waals surface area contributed by atoms with Crippen LogP contribution in [0.1, 0.15) is 45.1 Å². The van der Waals surface area contributed by atoms with Gasteiger partial charge in [-0.05, 0) is 24.7 Å². The first-order chi connectivity index (χ1) is 9.20. The summed E-state index contributed by atoms with van der Waals surface area (Å²) in [6.45, 7) is 6.29. The molecule has 4 nitrogen and oxygen atoms in total. The predicted octanol–water partition coefficient (Wildman–Crippen LogP) is 2.18. The normalized spacial score (nSPS) is 24.0. The van der Waals surface area contributed by atoms with E-state index >= 15 is 0 Å². The Labute approximate surface area is 116 Å². The molecule has 1 heterocycles. The van der Waals surface area contributed by atoms with Crippen molar-refractivity contribution in [3.8, 4) is 0 Å². The van der Waals surface area contributed by atoms with Crippen molar-refractivity contribution in [2.75, 3.05) is 6.61 Å². The molecule has 108 valence electrons. The van der Waals surface area contributed by atoms with Crippen molar-refractivity contribution in [2.45, 2.75) is 58.7 Å². The topological polar surface area (TPSA) is 50.1 Å². The summed E-state index contributed by atoms with van der Waals surface area (Å²) in [6, 6.07) is 0.648. The maximum Gasteiger partial charge on any atom is 0.0640 e. The lowest BCUT2D eigenvalue weighted by Gasteiger charge is -2.35. The monoisotopic (exact) mass is 265 g/mol. The van der Waals surface area contributed by atoms with Crippen LogP contribution in [0.3, 0.4) is 0 Å². The second-order valence-corrected chi connectivity index (χ2v) is 6.01. The van der Waals surface area contributed by atoms with E-state index in [0.717, 1.165) is 18.4 Å². The van der Waals surface area contributed by atoms with Gasteiger partial charge in [0, 0.05) is 24.3 Å². The molecule has 2 atom stereocenters. The van der Waals surface area contributed by atoms with E-state index in [4.69, 9.17) is 5.11 Å². The molecule has 1 aromatic rings. The maximum atomic E-state index is 8.88. The fraction of sp³-hybridized carbons (Fsp3) is 0.800. The molecule has 0 spiro atoms. The molecular formula is C15H27N3O. The summed E-state index contributed by atoms with van der Waals surface area (Å²) in [6.07, 6.45) is 9.32. The van der Waals surface area contributed by atoms with Crippen LogP contribution in [0, 0.1) is 11.8 Å². The van der Waals surface area contributed by atoms with Gasteiger partial charge in [0.1, 0.15) is 0 Å². The smallest absolute Gasteiger partial charge is 0.0640 e. The highest BCUT2D eigenvalue weighted by Gasteiger charge is 2.26. The highest BCUT2D eigenvalue weighted by atomic mass is 16.3. The van der Waals surface area contributed by atoms with Crippen molar-refractivity contribution in [2.24, 2.45) is 11.8 Å². The van der Waals surface area contributed by atoms with Gasteiger partial charge < -0.3 is 10.4 Å². The van der Waals surface area contributed by atoms with E-state index in [2.05, 4.69) is 24.3 Å². The Morgan fingerprint density at radius 2 is 2.21 bits per heavy atom. The lowest BCUT2D eigenvalue weighted by molar-refractivity contribution is 0.204. The average molecular weight is 265 g/mol. The molecule has 0 saturated heterocycles. The molecule has 0 amide bonds. The summed E-state index contributed by atoms with van der Waals surface area (Å²) < 4.78 is 1.80. The first kappa shape index (κ1) is 14.5. The number of aromatic nitrogens is 2. The summed E-state index contributed by atoms with van der Waals surface area (Å²) in [5, 5.41) is 16.8. The Kier molecular flexibility index (Phi) is 5.40. The summed E-state index contributed by atoms with van der Waals surface area (Å²) >= 11 is 0. The van der Waals surface area contributed by atoms with E-state index < -0.39 is 0 Å². The molecule has 1 fully saturated rings. The summed E-state index contributed by atoms with van der Waals surface area (Å²) in [5.41, 5.74) is 1.21. The molecule has 2 rings (SSSR count). The molecular weight excluding hydrogens is 238 g/mol. The molecule has 4 heteroatoms. The molecule has 0 aliphatic heterocycles. The zero-order valence-electron chi connectivity index (χ0n) is 12.2. The lowest BCUT2D eigenvalue weighted by atomic mass is 9.78. The Bertz CT molecular complexity index is 375. The van der Waals surface area contributed by atoms with Crippen LogP contribution in [0.2, 0.25) is 0 Å². The van der Waals surface area contributed by atoms with Gasteiger partial charge in [-0.2, -0.15) is 5.10 Å². The van der Waals surface area contributed by atoms with Crippen LogP contribution < -0.4 is 5.32 Å². The van der Waals surface area contributed by atoms with Crippen molar-refractivity contribution in [1.82, 2.24) is 15.1 Å². The largest absolute Gasteiger partial charge is 0.394 e. The molecule has 1 aliphatic carbocycles. The Hall–Kier alpha value is -0.870. The van der Waals surface area contributed by atoms with Crippen molar-refractivity contribution in [3.05, 3.63) is 18.0 Å². The van der Waals surface area contributed by atoms with Crippen LogP contribution in [0.4, 0.5) is 0 Å². The highest BCUT2D eigenvalue weighted by molar-refractivity contribution is 5.04. The quantitative estimate of drug-likeness (QED) is 0.829. The minimum atomic E-state index is 0.145. The molecule has 0 aromatic carbocycles. The van der Waals surface area contributed by atoms with Gasteiger partial charge in [0.2, 0.25) is 0 Å². The van der Waals surface area contributed by atoms with Gasteiger partial charge in [-0.25, -0.2) is 0 Å². The molecule has 2 N–H and O–H groups in total. The number of nitrogens with one attached hydrogen (secondary N) is 1. The van der Waals surface area contributed by atoms with Gasteiger partial charge in [0.15, 0.2) is 0 Å². The number of nitrogens with zero attached hydrogens (tertiary/aromatic N) is 2. The Morgan fingerprint density at radius 3 is 2.95 bits per heavy atom. The second kappa shape index (κ2) is 7.06. The highest BCUT2D eigenvalue weighted by Crippen LogP contribution is 2.30. The predicted molar refractivity (Wildman–Crippen MR) is 76.7 cm³/mol. The standard InChI is InChI=1S/C15H27N3O/c1-12(2)14-5-3-4-6-15(14)16-9-13-10-17-18(11-13)7-8-19/h10-12,14-16,19H,3-9H2,1-2H3. The van der Waals surface area contributed by atoms with Crippen molar-refractivity contribution in [3.63, 3.8) is 0 Å². The SMILES string of the molecule is CC(C)C1CCCCC1NCc1cnn(CCO)c1. The van der Waals surface area contributed by atoms with Gasteiger partial charge in [-0.1, -0.05) is 26.7 Å². The van der Waals surface area contributed by atoms with Crippen LogP contribution in [-0.4, -0.2) is 27.5 Å². The fourth-order valence-electron chi connectivity index (χ4n) is 3.18. The zero-order chi connectivity index (χ0) is 13.7.